The van der Waals surface area contributed by atoms with Crippen LogP contribution in [-0.2, 0) is 4.74 Å². The highest BCUT2D eigenvalue weighted by molar-refractivity contribution is 5.90. The lowest BCUT2D eigenvalue weighted by atomic mass is 10.3. The number of para-hydroxylation sites is 2. The summed E-state index contributed by atoms with van der Waals surface area (Å²) in [7, 11) is 3.20. The van der Waals surface area contributed by atoms with Gasteiger partial charge in [0, 0.05) is 20.3 Å². The average Bonchev–Trinajstić information content (AvgIpc) is 2.35. The summed E-state index contributed by atoms with van der Waals surface area (Å²) in [5, 5.41) is 5.45. The van der Waals surface area contributed by atoms with Gasteiger partial charge in [-0.3, -0.25) is 0 Å². The molecule has 0 aliphatic rings. The molecular formula is C12H18N2O3. The van der Waals surface area contributed by atoms with Crippen molar-refractivity contribution in [2.45, 2.75) is 6.42 Å². The molecule has 2 amide bonds. The lowest BCUT2D eigenvalue weighted by molar-refractivity contribution is 0.194. The lowest BCUT2D eigenvalue weighted by Gasteiger charge is -2.10. The van der Waals surface area contributed by atoms with E-state index in [2.05, 4.69) is 10.6 Å². The van der Waals surface area contributed by atoms with Crippen molar-refractivity contribution in [2.75, 3.05) is 32.7 Å². The molecule has 0 radical (unpaired) electrons. The third-order valence-corrected chi connectivity index (χ3v) is 2.17. The van der Waals surface area contributed by atoms with E-state index in [9.17, 15) is 4.79 Å². The Morgan fingerprint density at radius 2 is 2.06 bits per heavy atom. The summed E-state index contributed by atoms with van der Waals surface area (Å²) in [5.74, 6) is 0.638. The van der Waals surface area contributed by atoms with E-state index in [-0.39, 0.29) is 6.03 Å². The molecule has 0 aliphatic heterocycles. The number of hydrogen-bond acceptors (Lipinski definition) is 3. The van der Waals surface area contributed by atoms with E-state index in [4.69, 9.17) is 9.47 Å². The Kier molecular flexibility index (Phi) is 5.88. The first-order valence-corrected chi connectivity index (χ1v) is 5.44. The minimum Gasteiger partial charge on any atom is -0.495 e. The zero-order valence-corrected chi connectivity index (χ0v) is 10.2. The summed E-state index contributed by atoms with van der Waals surface area (Å²) < 4.78 is 10.0. The van der Waals surface area contributed by atoms with Gasteiger partial charge in [-0.15, -0.1) is 0 Å². The summed E-state index contributed by atoms with van der Waals surface area (Å²) in [4.78, 5) is 11.5. The zero-order chi connectivity index (χ0) is 12.5. The normalized spacial score (nSPS) is 9.76. The number of nitrogens with one attached hydrogen (secondary N) is 2. The van der Waals surface area contributed by atoms with Gasteiger partial charge in [-0.05, 0) is 18.6 Å². The number of carbonyl (C=O) groups is 1. The molecule has 1 rings (SSSR count). The van der Waals surface area contributed by atoms with Gasteiger partial charge in [0.05, 0.1) is 12.8 Å². The molecule has 0 saturated heterocycles. The van der Waals surface area contributed by atoms with Crippen LogP contribution in [0.4, 0.5) is 10.5 Å². The fourth-order valence-corrected chi connectivity index (χ4v) is 1.33. The number of carbonyl (C=O) groups excluding carboxylic acids is 1. The van der Waals surface area contributed by atoms with E-state index in [0.29, 0.717) is 24.6 Å². The summed E-state index contributed by atoms with van der Waals surface area (Å²) in [6.45, 7) is 1.21. The molecule has 0 unspecified atom stereocenters. The van der Waals surface area contributed by atoms with E-state index in [0.717, 1.165) is 6.42 Å². The first-order valence-electron chi connectivity index (χ1n) is 5.44. The van der Waals surface area contributed by atoms with Gasteiger partial charge in [0.2, 0.25) is 0 Å². The SMILES string of the molecule is COCCCNC(=O)Nc1ccccc1OC. The second-order valence-electron chi connectivity index (χ2n) is 3.43. The van der Waals surface area contributed by atoms with Crippen LogP contribution in [0, 0.1) is 0 Å². The standard InChI is InChI=1S/C12H18N2O3/c1-16-9-5-8-13-12(15)14-10-6-3-4-7-11(10)17-2/h3-4,6-7H,5,8-9H2,1-2H3,(H2,13,14,15). The van der Waals surface area contributed by atoms with Crippen molar-refractivity contribution in [1.82, 2.24) is 5.32 Å². The molecule has 5 nitrogen and oxygen atoms in total. The largest absolute Gasteiger partial charge is 0.495 e. The average molecular weight is 238 g/mol. The number of hydrogen-bond donors (Lipinski definition) is 2. The summed E-state index contributed by atoms with van der Waals surface area (Å²) >= 11 is 0. The van der Waals surface area contributed by atoms with Crippen LogP contribution in [0.1, 0.15) is 6.42 Å². The maximum absolute atomic E-state index is 11.5. The van der Waals surface area contributed by atoms with Crippen LogP contribution in [-0.4, -0.2) is 33.4 Å². The van der Waals surface area contributed by atoms with Crippen LogP contribution in [0.5, 0.6) is 5.75 Å². The molecule has 17 heavy (non-hydrogen) atoms. The van der Waals surface area contributed by atoms with Crippen LogP contribution in [0.15, 0.2) is 24.3 Å². The highest BCUT2D eigenvalue weighted by atomic mass is 16.5. The molecule has 1 aromatic rings. The number of benzene rings is 1. The Morgan fingerprint density at radius 3 is 2.76 bits per heavy atom. The minimum atomic E-state index is -0.245. The van der Waals surface area contributed by atoms with Gasteiger partial charge in [-0.25, -0.2) is 4.79 Å². The molecule has 1 aromatic carbocycles. The predicted octanol–water partition coefficient (Wildman–Crippen LogP) is 1.85. The van der Waals surface area contributed by atoms with Gasteiger partial charge >= 0.3 is 6.03 Å². The molecule has 0 atom stereocenters. The van der Waals surface area contributed by atoms with E-state index < -0.39 is 0 Å². The van der Waals surface area contributed by atoms with Crippen LogP contribution in [0.2, 0.25) is 0 Å². The van der Waals surface area contributed by atoms with Gasteiger partial charge in [-0.1, -0.05) is 12.1 Å². The van der Waals surface area contributed by atoms with E-state index >= 15 is 0 Å². The van der Waals surface area contributed by atoms with Gasteiger partial charge in [-0.2, -0.15) is 0 Å². The van der Waals surface area contributed by atoms with Gasteiger partial charge < -0.3 is 20.1 Å². The van der Waals surface area contributed by atoms with Crippen LogP contribution in [0.25, 0.3) is 0 Å². The molecule has 0 fully saturated rings. The number of rotatable bonds is 6. The Balaban J connectivity index is 2.39. The van der Waals surface area contributed by atoms with E-state index in [1.54, 1.807) is 26.4 Å². The Labute approximate surface area is 101 Å². The molecule has 0 aromatic heterocycles. The predicted molar refractivity (Wildman–Crippen MR) is 66.5 cm³/mol. The molecular weight excluding hydrogens is 220 g/mol. The van der Waals surface area contributed by atoms with Crippen molar-refractivity contribution in [3.63, 3.8) is 0 Å². The minimum absolute atomic E-state index is 0.245. The maximum atomic E-state index is 11.5. The van der Waals surface area contributed by atoms with Crippen molar-refractivity contribution in [2.24, 2.45) is 0 Å². The van der Waals surface area contributed by atoms with E-state index in [1.165, 1.54) is 0 Å². The summed E-state index contributed by atoms with van der Waals surface area (Å²) in [5.41, 5.74) is 0.652. The molecule has 0 bridgehead atoms. The molecule has 5 heteroatoms. The van der Waals surface area contributed by atoms with Crippen LogP contribution in [0.3, 0.4) is 0 Å². The topological polar surface area (TPSA) is 59.6 Å². The highest BCUT2D eigenvalue weighted by Crippen LogP contribution is 2.22. The third-order valence-electron chi connectivity index (χ3n) is 2.17. The van der Waals surface area contributed by atoms with Crippen molar-refractivity contribution in [3.8, 4) is 5.75 Å². The van der Waals surface area contributed by atoms with Gasteiger partial charge in [0.15, 0.2) is 0 Å². The van der Waals surface area contributed by atoms with Crippen molar-refractivity contribution in [1.29, 1.82) is 0 Å². The lowest BCUT2D eigenvalue weighted by Crippen LogP contribution is -2.30. The summed E-state index contributed by atoms with van der Waals surface area (Å²) in [6, 6.07) is 7.02. The molecule has 0 saturated carbocycles. The second kappa shape index (κ2) is 7.51. The zero-order valence-electron chi connectivity index (χ0n) is 10.2. The first kappa shape index (κ1) is 13.3. The maximum Gasteiger partial charge on any atom is 0.319 e. The molecule has 0 heterocycles. The van der Waals surface area contributed by atoms with Crippen molar-refractivity contribution in [3.05, 3.63) is 24.3 Å². The van der Waals surface area contributed by atoms with Crippen molar-refractivity contribution < 1.29 is 14.3 Å². The fourth-order valence-electron chi connectivity index (χ4n) is 1.33. The number of methoxy groups -OCH3 is 2. The van der Waals surface area contributed by atoms with Crippen LogP contribution < -0.4 is 15.4 Å². The quantitative estimate of drug-likeness (QED) is 0.744. The van der Waals surface area contributed by atoms with Gasteiger partial charge in [0.1, 0.15) is 5.75 Å². The van der Waals surface area contributed by atoms with Crippen molar-refractivity contribution >= 4 is 11.7 Å². The molecule has 0 spiro atoms. The molecule has 94 valence electrons. The Hall–Kier alpha value is -1.75. The first-order chi connectivity index (χ1) is 8.27. The number of urea groups is 1. The van der Waals surface area contributed by atoms with E-state index in [1.807, 2.05) is 12.1 Å². The number of ether oxygens (including phenoxy) is 2. The monoisotopic (exact) mass is 238 g/mol. The second-order valence-corrected chi connectivity index (χ2v) is 3.43. The highest BCUT2D eigenvalue weighted by Gasteiger charge is 2.05. The Bertz CT molecular complexity index is 355. The fraction of sp³-hybridized carbons (Fsp3) is 0.417. The molecule has 2 N–H and O–H groups in total. The summed E-state index contributed by atoms with van der Waals surface area (Å²) in [6.07, 6.45) is 0.788. The van der Waals surface area contributed by atoms with Crippen LogP contribution >= 0.6 is 0 Å². The smallest absolute Gasteiger partial charge is 0.319 e. The van der Waals surface area contributed by atoms with Gasteiger partial charge in [0.25, 0.3) is 0 Å². The molecule has 0 aliphatic carbocycles. The third kappa shape index (κ3) is 4.74. The number of amides is 2. The Morgan fingerprint density at radius 1 is 1.29 bits per heavy atom. The number of anilines is 1.